The summed E-state index contributed by atoms with van der Waals surface area (Å²) >= 11 is 0. The Hall–Kier alpha value is -2.53. The van der Waals surface area contributed by atoms with Crippen molar-refractivity contribution in [2.45, 2.75) is 6.04 Å². The Morgan fingerprint density at radius 3 is 2.54 bits per heavy atom. The number of aromatic nitrogens is 2. The van der Waals surface area contributed by atoms with Gasteiger partial charge in [0.2, 0.25) is 5.95 Å². The van der Waals surface area contributed by atoms with E-state index in [1.165, 1.54) is 0 Å². The number of para-hydroxylation sites is 3. The van der Waals surface area contributed by atoms with E-state index in [-0.39, 0.29) is 6.04 Å². The van der Waals surface area contributed by atoms with Gasteiger partial charge in [-0.1, -0.05) is 30.3 Å². The van der Waals surface area contributed by atoms with Gasteiger partial charge in [0.05, 0.1) is 24.2 Å². The Labute approximate surface area is 142 Å². The number of nitrogens with zero attached hydrogens (tertiary/aromatic N) is 3. The van der Waals surface area contributed by atoms with Crippen LogP contribution in [0.2, 0.25) is 0 Å². The number of imidazole rings is 1. The third-order valence-electron chi connectivity index (χ3n) is 4.36. The van der Waals surface area contributed by atoms with Gasteiger partial charge >= 0.3 is 0 Å². The maximum Gasteiger partial charge on any atom is 0.203 e. The molecule has 0 bridgehead atoms. The maximum atomic E-state index is 5.52. The van der Waals surface area contributed by atoms with E-state index in [2.05, 4.69) is 46.0 Å². The second kappa shape index (κ2) is 6.93. The third kappa shape index (κ3) is 3.08. The van der Waals surface area contributed by atoms with Gasteiger partial charge in [0.25, 0.3) is 0 Å². The minimum absolute atomic E-state index is 0.181. The lowest BCUT2D eigenvalue weighted by atomic mass is 10.0. The Kier molecular flexibility index (Phi) is 4.71. The van der Waals surface area contributed by atoms with E-state index in [1.807, 2.05) is 43.4 Å². The number of anilines is 1. The topological polar surface area (TPSA) is 42.3 Å². The molecule has 24 heavy (non-hydrogen) atoms. The second-order valence-corrected chi connectivity index (χ2v) is 6.09. The van der Waals surface area contributed by atoms with Crippen molar-refractivity contribution in [3.05, 3.63) is 54.1 Å². The van der Waals surface area contributed by atoms with E-state index in [4.69, 9.17) is 4.74 Å². The summed E-state index contributed by atoms with van der Waals surface area (Å²) in [7, 11) is 7.90. The molecular formula is C19H24N4O. The number of fused-ring (bicyclic) bond motifs is 1. The largest absolute Gasteiger partial charge is 0.496 e. The average Bonchev–Trinajstić information content (AvgIpc) is 2.92. The fourth-order valence-corrected chi connectivity index (χ4v) is 3.00. The predicted molar refractivity (Wildman–Crippen MR) is 98.6 cm³/mol. The van der Waals surface area contributed by atoms with Crippen molar-refractivity contribution >= 4 is 17.0 Å². The van der Waals surface area contributed by atoms with E-state index in [9.17, 15) is 0 Å². The Morgan fingerprint density at radius 1 is 1.12 bits per heavy atom. The number of hydrogen-bond acceptors (Lipinski definition) is 4. The average molecular weight is 324 g/mol. The number of ether oxygens (including phenoxy) is 1. The fourth-order valence-electron chi connectivity index (χ4n) is 3.00. The minimum Gasteiger partial charge on any atom is -0.496 e. The molecule has 3 aromatic rings. The zero-order valence-electron chi connectivity index (χ0n) is 14.7. The summed E-state index contributed by atoms with van der Waals surface area (Å²) in [5.74, 6) is 1.78. The molecule has 1 N–H and O–H groups in total. The summed E-state index contributed by atoms with van der Waals surface area (Å²) in [5.41, 5.74) is 3.29. The number of nitrogens with one attached hydrogen (secondary N) is 1. The normalized spacial score (nSPS) is 12.5. The molecule has 126 valence electrons. The van der Waals surface area contributed by atoms with Crippen LogP contribution in [0.4, 0.5) is 5.95 Å². The lowest BCUT2D eigenvalue weighted by molar-refractivity contribution is 0.299. The van der Waals surface area contributed by atoms with Crippen molar-refractivity contribution in [3.8, 4) is 5.75 Å². The SMILES string of the molecule is COc1ccccc1[C@H](CNc1nc2ccccc2n1C)N(C)C. The number of aryl methyl sites for hydroxylation is 1. The van der Waals surface area contributed by atoms with E-state index >= 15 is 0 Å². The highest BCUT2D eigenvalue weighted by Crippen LogP contribution is 2.28. The van der Waals surface area contributed by atoms with Crippen molar-refractivity contribution < 1.29 is 4.74 Å². The molecule has 1 aromatic heterocycles. The van der Waals surface area contributed by atoms with Gasteiger partial charge < -0.3 is 19.5 Å². The molecule has 0 saturated heterocycles. The quantitative estimate of drug-likeness (QED) is 0.755. The van der Waals surface area contributed by atoms with Gasteiger partial charge in [0.15, 0.2) is 0 Å². The van der Waals surface area contributed by atoms with Crippen LogP contribution < -0.4 is 10.1 Å². The van der Waals surface area contributed by atoms with E-state index in [1.54, 1.807) is 7.11 Å². The van der Waals surface area contributed by atoms with E-state index in [0.29, 0.717) is 0 Å². The Balaban J connectivity index is 1.85. The van der Waals surface area contributed by atoms with E-state index in [0.717, 1.165) is 34.8 Å². The van der Waals surface area contributed by atoms with Gasteiger partial charge in [-0.05, 0) is 32.3 Å². The molecule has 0 aliphatic carbocycles. The van der Waals surface area contributed by atoms with Crippen LogP contribution in [-0.4, -0.2) is 42.2 Å². The minimum atomic E-state index is 0.181. The zero-order valence-corrected chi connectivity index (χ0v) is 14.7. The molecule has 1 heterocycles. The highest BCUT2D eigenvalue weighted by atomic mass is 16.5. The molecular weight excluding hydrogens is 300 g/mol. The smallest absolute Gasteiger partial charge is 0.203 e. The molecule has 0 saturated carbocycles. The molecule has 0 unspecified atom stereocenters. The number of rotatable bonds is 6. The van der Waals surface area contributed by atoms with Crippen molar-refractivity contribution in [2.24, 2.45) is 7.05 Å². The number of methoxy groups -OCH3 is 1. The van der Waals surface area contributed by atoms with Crippen LogP contribution in [0.1, 0.15) is 11.6 Å². The van der Waals surface area contributed by atoms with Gasteiger partial charge in [0.1, 0.15) is 5.75 Å². The highest BCUT2D eigenvalue weighted by molar-refractivity contribution is 5.78. The second-order valence-electron chi connectivity index (χ2n) is 6.09. The third-order valence-corrected chi connectivity index (χ3v) is 4.36. The van der Waals surface area contributed by atoms with Gasteiger partial charge in [-0.2, -0.15) is 0 Å². The summed E-state index contributed by atoms with van der Waals surface area (Å²) in [6.07, 6.45) is 0. The molecule has 5 nitrogen and oxygen atoms in total. The van der Waals surface area contributed by atoms with Crippen molar-refractivity contribution in [1.29, 1.82) is 0 Å². The fraction of sp³-hybridized carbons (Fsp3) is 0.316. The first-order chi connectivity index (χ1) is 11.6. The van der Waals surface area contributed by atoms with Crippen molar-refractivity contribution in [1.82, 2.24) is 14.5 Å². The molecule has 3 rings (SSSR count). The van der Waals surface area contributed by atoms with Crippen LogP contribution in [0, 0.1) is 0 Å². The lowest BCUT2D eigenvalue weighted by Crippen LogP contribution is -2.27. The van der Waals surface area contributed by atoms with Crippen molar-refractivity contribution in [2.75, 3.05) is 33.1 Å². The molecule has 0 aliphatic heterocycles. The van der Waals surface area contributed by atoms with Gasteiger partial charge in [-0.25, -0.2) is 4.98 Å². The van der Waals surface area contributed by atoms with Crippen LogP contribution in [0.25, 0.3) is 11.0 Å². The number of benzene rings is 2. The van der Waals surface area contributed by atoms with Gasteiger partial charge in [0, 0.05) is 19.2 Å². The van der Waals surface area contributed by atoms with Crippen LogP contribution in [0.3, 0.4) is 0 Å². The van der Waals surface area contributed by atoms with Crippen LogP contribution in [0.15, 0.2) is 48.5 Å². The lowest BCUT2D eigenvalue weighted by Gasteiger charge is -2.26. The highest BCUT2D eigenvalue weighted by Gasteiger charge is 2.19. The summed E-state index contributed by atoms with van der Waals surface area (Å²) in [4.78, 5) is 6.87. The Bertz CT molecular complexity index is 825. The first kappa shape index (κ1) is 16.3. The molecule has 0 radical (unpaired) electrons. The maximum absolute atomic E-state index is 5.52. The molecule has 5 heteroatoms. The summed E-state index contributed by atoms with van der Waals surface area (Å²) in [6, 6.07) is 16.5. The standard InChI is InChI=1S/C19H24N4O/c1-22(2)17(14-9-5-8-12-18(14)24-4)13-20-19-21-15-10-6-7-11-16(15)23(19)3/h5-12,17H,13H2,1-4H3,(H,20,21)/t17-/m0/s1. The van der Waals surface area contributed by atoms with Crippen LogP contribution >= 0.6 is 0 Å². The predicted octanol–water partition coefficient (Wildman–Crippen LogP) is 3.30. The molecule has 0 fully saturated rings. The summed E-state index contributed by atoms with van der Waals surface area (Å²) < 4.78 is 7.61. The van der Waals surface area contributed by atoms with E-state index < -0.39 is 0 Å². The van der Waals surface area contributed by atoms with Crippen molar-refractivity contribution in [3.63, 3.8) is 0 Å². The number of likely N-dealkylation sites (N-methyl/N-ethyl adjacent to an activating group) is 1. The monoisotopic (exact) mass is 324 g/mol. The van der Waals surface area contributed by atoms with Crippen LogP contribution in [0.5, 0.6) is 5.75 Å². The molecule has 1 atom stereocenters. The first-order valence-corrected chi connectivity index (χ1v) is 8.06. The molecule has 0 amide bonds. The van der Waals surface area contributed by atoms with Gasteiger partial charge in [-0.15, -0.1) is 0 Å². The molecule has 2 aromatic carbocycles. The zero-order chi connectivity index (χ0) is 17.1. The van der Waals surface area contributed by atoms with Crippen LogP contribution in [-0.2, 0) is 7.05 Å². The molecule has 0 spiro atoms. The van der Waals surface area contributed by atoms with Gasteiger partial charge in [-0.3, -0.25) is 0 Å². The first-order valence-electron chi connectivity index (χ1n) is 8.06. The summed E-state index contributed by atoms with van der Waals surface area (Å²) in [6.45, 7) is 0.741. The molecule has 0 aliphatic rings. The number of hydrogen-bond donors (Lipinski definition) is 1. The Morgan fingerprint density at radius 2 is 1.83 bits per heavy atom. The summed E-state index contributed by atoms with van der Waals surface area (Å²) in [5, 5.41) is 3.49.